The highest BCUT2D eigenvalue weighted by molar-refractivity contribution is 7.89. The van der Waals surface area contributed by atoms with Crippen LogP contribution in [0.3, 0.4) is 0 Å². The van der Waals surface area contributed by atoms with Crippen molar-refractivity contribution in [3.63, 3.8) is 0 Å². The van der Waals surface area contributed by atoms with Crippen molar-refractivity contribution in [2.75, 3.05) is 0 Å². The minimum absolute atomic E-state index is 0.0298. The van der Waals surface area contributed by atoms with Gasteiger partial charge in [-0.3, -0.25) is 0 Å². The van der Waals surface area contributed by atoms with Crippen LogP contribution in [0.5, 0.6) is 5.88 Å². The van der Waals surface area contributed by atoms with Crippen LogP contribution in [0, 0.1) is 11.3 Å². The lowest BCUT2D eigenvalue weighted by atomic mass is 9.87. The van der Waals surface area contributed by atoms with E-state index in [0.717, 1.165) is 18.4 Å². The number of nitriles is 1. The van der Waals surface area contributed by atoms with Crippen LogP contribution in [0.1, 0.15) is 65.0 Å². The highest BCUT2D eigenvalue weighted by Crippen LogP contribution is 2.34. The molecule has 1 fully saturated rings. The molecule has 2 heterocycles. The van der Waals surface area contributed by atoms with Crippen molar-refractivity contribution in [1.82, 2.24) is 9.29 Å². The van der Waals surface area contributed by atoms with Crippen molar-refractivity contribution < 1.29 is 13.2 Å². The Morgan fingerprint density at radius 3 is 2.42 bits per heavy atom. The van der Waals surface area contributed by atoms with E-state index in [4.69, 9.17) is 10.00 Å². The van der Waals surface area contributed by atoms with E-state index in [0.29, 0.717) is 22.8 Å². The van der Waals surface area contributed by atoms with Gasteiger partial charge in [-0.1, -0.05) is 32.9 Å². The van der Waals surface area contributed by atoms with Crippen molar-refractivity contribution in [2.24, 2.45) is 0 Å². The molecule has 166 valence electrons. The first-order valence-electron chi connectivity index (χ1n) is 10.7. The first kappa shape index (κ1) is 23.2. The first-order valence-corrected chi connectivity index (χ1v) is 12.1. The van der Waals surface area contributed by atoms with E-state index in [9.17, 15) is 8.42 Å². The van der Waals surface area contributed by atoms with Gasteiger partial charge in [-0.15, -0.1) is 0 Å². The van der Waals surface area contributed by atoms with Gasteiger partial charge in [0.1, 0.15) is 6.07 Å². The van der Waals surface area contributed by atoms with E-state index in [2.05, 4.69) is 25.8 Å². The number of ether oxygens (including phenoxy) is 1. The molecule has 3 atom stereocenters. The van der Waals surface area contributed by atoms with Crippen LogP contribution in [-0.2, 0) is 15.4 Å². The van der Waals surface area contributed by atoms with Gasteiger partial charge in [0.25, 0.3) is 0 Å². The Morgan fingerprint density at radius 1 is 1.19 bits per heavy atom. The largest absolute Gasteiger partial charge is 0.475 e. The number of hydrogen-bond donors (Lipinski definition) is 0. The molecule has 1 aromatic heterocycles. The van der Waals surface area contributed by atoms with Crippen molar-refractivity contribution in [3.8, 4) is 11.9 Å². The van der Waals surface area contributed by atoms with E-state index >= 15 is 0 Å². The fourth-order valence-corrected chi connectivity index (χ4v) is 5.99. The van der Waals surface area contributed by atoms with Crippen LogP contribution in [-0.4, -0.2) is 35.9 Å². The van der Waals surface area contributed by atoms with E-state index in [-0.39, 0.29) is 23.6 Å². The molecule has 0 aliphatic carbocycles. The van der Waals surface area contributed by atoms with Crippen molar-refractivity contribution >= 4 is 10.0 Å². The quantitative estimate of drug-likeness (QED) is 0.651. The van der Waals surface area contributed by atoms with Crippen molar-refractivity contribution in [3.05, 3.63) is 53.7 Å². The Balaban J connectivity index is 1.75. The molecule has 0 bridgehead atoms. The predicted molar refractivity (Wildman–Crippen MR) is 120 cm³/mol. The SMILES string of the molecule is CC(CC1CCC(C)N1S(=O)(=O)c1ccc(C(C)(C)C)cc1)Oc1ccc(C#N)cn1. The zero-order valence-electron chi connectivity index (χ0n) is 18.9. The van der Waals surface area contributed by atoms with Crippen LogP contribution in [0.2, 0.25) is 0 Å². The van der Waals surface area contributed by atoms with Gasteiger partial charge in [0, 0.05) is 30.8 Å². The smallest absolute Gasteiger partial charge is 0.243 e. The maximum atomic E-state index is 13.5. The van der Waals surface area contributed by atoms with Crippen LogP contribution < -0.4 is 4.74 Å². The summed E-state index contributed by atoms with van der Waals surface area (Å²) in [4.78, 5) is 4.48. The third-order valence-corrected chi connectivity index (χ3v) is 7.88. The van der Waals surface area contributed by atoms with Crippen LogP contribution in [0.15, 0.2) is 47.5 Å². The summed E-state index contributed by atoms with van der Waals surface area (Å²) in [6.07, 6.45) is 3.46. The maximum Gasteiger partial charge on any atom is 0.243 e. The normalized spacial score (nSPS) is 20.9. The minimum atomic E-state index is -3.60. The zero-order valence-corrected chi connectivity index (χ0v) is 19.7. The summed E-state index contributed by atoms with van der Waals surface area (Å²) in [7, 11) is -3.60. The summed E-state index contributed by atoms with van der Waals surface area (Å²) in [5.41, 5.74) is 1.55. The summed E-state index contributed by atoms with van der Waals surface area (Å²) >= 11 is 0. The Kier molecular flexibility index (Phi) is 6.73. The summed E-state index contributed by atoms with van der Waals surface area (Å²) in [5, 5.41) is 8.89. The topological polar surface area (TPSA) is 83.3 Å². The number of benzene rings is 1. The second kappa shape index (κ2) is 8.97. The molecule has 3 unspecified atom stereocenters. The Bertz CT molecular complexity index is 1040. The summed E-state index contributed by atoms with van der Waals surface area (Å²) in [6.45, 7) is 10.2. The molecule has 7 heteroatoms. The van der Waals surface area contributed by atoms with Gasteiger partial charge in [-0.05, 0) is 55.9 Å². The average molecular weight is 442 g/mol. The molecule has 2 aromatic rings. The van der Waals surface area contributed by atoms with E-state index in [1.807, 2.05) is 32.0 Å². The summed E-state index contributed by atoms with van der Waals surface area (Å²) in [5.74, 6) is 0.435. The molecule has 1 saturated heterocycles. The zero-order chi connectivity index (χ0) is 22.8. The molecule has 31 heavy (non-hydrogen) atoms. The van der Waals surface area contributed by atoms with E-state index < -0.39 is 10.0 Å². The van der Waals surface area contributed by atoms with Crippen molar-refractivity contribution in [1.29, 1.82) is 5.26 Å². The molecule has 1 aromatic carbocycles. The predicted octanol–water partition coefficient (Wildman–Crippen LogP) is 4.65. The molecule has 6 nitrogen and oxygen atoms in total. The summed E-state index contributed by atoms with van der Waals surface area (Å²) < 4.78 is 34.5. The number of nitrogens with zero attached hydrogens (tertiary/aromatic N) is 3. The number of rotatable bonds is 6. The lowest BCUT2D eigenvalue weighted by molar-refractivity contribution is 0.169. The highest BCUT2D eigenvalue weighted by Gasteiger charge is 2.40. The van der Waals surface area contributed by atoms with Gasteiger partial charge < -0.3 is 4.74 Å². The molecule has 3 rings (SSSR count). The Morgan fingerprint density at radius 2 is 1.87 bits per heavy atom. The third-order valence-electron chi connectivity index (χ3n) is 5.80. The lowest BCUT2D eigenvalue weighted by Crippen LogP contribution is -2.41. The minimum Gasteiger partial charge on any atom is -0.475 e. The molecular formula is C24H31N3O3S. The van der Waals surface area contributed by atoms with Crippen molar-refractivity contribution in [2.45, 2.75) is 82.4 Å². The van der Waals surface area contributed by atoms with Gasteiger partial charge in [0.05, 0.1) is 16.6 Å². The second-order valence-electron chi connectivity index (χ2n) is 9.35. The molecule has 0 radical (unpaired) electrons. The third kappa shape index (κ3) is 5.25. The second-order valence-corrected chi connectivity index (χ2v) is 11.2. The number of hydrogen-bond acceptors (Lipinski definition) is 5. The number of pyridine rings is 1. The standard InChI is InChI=1S/C24H31N3O3S/c1-17-6-10-21(14-18(2)30-23-13-7-19(15-25)16-26-23)27(17)31(28,29)22-11-8-20(9-12-22)24(3,4)5/h7-9,11-13,16-18,21H,6,10,14H2,1-5H3. The van der Waals surface area contributed by atoms with Gasteiger partial charge in [0.15, 0.2) is 0 Å². The maximum absolute atomic E-state index is 13.5. The van der Waals surface area contributed by atoms with E-state index in [1.165, 1.54) is 6.20 Å². The lowest BCUT2D eigenvalue weighted by Gasteiger charge is -2.29. The first-order chi connectivity index (χ1) is 14.5. The monoisotopic (exact) mass is 441 g/mol. The van der Waals surface area contributed by atoms with Gasteiger partial charge in [0.2, 0.25) is 15.9 Å². The van der Waals surface area contributed by atoms with Crippen LogP contribution >= 0.6 is 0 Å². The van der Waals surface area contributed by atoms with E-state index in [1.54, 1.807) is 28.6 Å². The molecule has 0 amide bonds. The molecule has 0 spiro atoms. The van der Waals surface area contributed by atoms with Gasteiger partial charge in [-0.2, -0.15) is 9.57 Å². The molecular weight excluding hydrogens is 410 g/mol. The van der Waals surface area contributed by atoms with Crippen LogP contribution in [0.25, 0.3) is 0 Å². The number of aromatic nitrogens is 1. The van der Waals surface area contributed by atoms with Gasteiger partial charge >= 0.3 is 0 Å². The molecule has 0 N–H and O–H groups in total. The fourth-order valence-electron chi connectivity index (χ4n) is 4.11. The fraction of sp³-hybridized carbons (Fsp3) is 0.500. The van der Waals surface area contributed by atoms with Crippen LogP contribution in [0.4, 0.5) is 0 Å². The molecule has 1 aliphatic heterocycles. The van der Waals surface area contributed by atoms with Gasteiger partial charge in [-0.25, -0.2) is 13.4 Å². The Hall–Kier alpha value is -2.43. The highest BCUT2D eigenvalue weighted by atomic mass is 32.2. The summed E-state index contributed by atoms with van der Waals surface area (Å²) in [6, 6.07) is 12.4. The molecule has 1 aliphatic rings. The Labute approximate surface area is 185 Å². The average Bonchev–Trinajstić information content (AvgIpc) is 3.08. The molecule has 0 saturated carbocycles. The number of sulfonamides is 1.